The maximum atomic E-state index is 6.45. The van der Waals surface area contributed by atoms with Gasteiger partial charge in [-0.25, -0.2) is 0 Å². The lowest BCUT2D eigenvalue weighted by Crippen LogP contribution is -2.25. The largest absolute Gasteiger partial charge is 0.324 e. The average molecular weight is 301 g/mol. The van der Waals surface area contributed by atoms with E-state index >= 15 is 0 Å². The van der Waals surface area contributed by atoms with E-state index in [1.807, 2.05) is 24.5 Å². The number of nitrogens with zero attached hydrogens (tertiary/aromatic N) is 1. The van der Waals surface area contributed by atoms with Gasteiger partial charge >= 0.3 is 0 Å². The van der Waals surface area contributed by atoms with Crippen LogP contribution in [0.2, 0.25) is 5.02 Å². The first-order chi connectivity index (χ1) is 10.2. The van der Waals surface area contributed by atoms with Crippen molar-refractivity contribution < 1.29 is 0 Å². The van der Waals surface area contributed by atoms with Crippen molar-refractivity contribution in [2.75, 3.05) is 0 Å². The quantitative estimate of drug-likeness (QED) is 0.891. The first-order valence-corrected chi connectivity index (χ1v) is 8.03. The van der Waals surface area contributed by atoms with Crippen molar-refractivity contribution in [2.24, 2.45) is 11.7 Å². The molecule has 3 rings (SSSR count). The third kappa shape index (κ3) is 3.45. The van der Waals surface area contributed by atoms with Gasteiger partial charge in [0.15, 0.2) is 0 Å². The van der Waals surface area contributed by atoms with Gasteiger partial charge in [-0.3, -0.25) is 4.98 Å². The molecule has 1 saturated carbocycles. The minimum Gasteiger partial charge on any atom is -0.324 e. The molecule has 2 aromatic rings. The Morgan fingerprint density at radius 3 is 2.19 bits per heavy atom. The van der Waals surface area contributed by atoms with Crippen molar-refractivity contribution in [1.29, 1.82) is 0 Å². The molecule has 1 unspecified atom stereocenters. The van der Waals surface area contributed by atoms with E-state index in [0.717, 1.165) is 5.02 Å². The Hall–Kier alpha value is -1.38. The molecule has 0 bridgehead atoms. The monoisotopic (exact) mass is 300 g/mol. The van der Waals surface area contributed by atoms with Gasteiger partial charge in [0.2, 0.25) is 0 Å². The molecule has 21 heavy (non-hydrogen) atoms. The van der Waals surface area contributed by atoms with Crippen LogP contribution in [0.15, 0.2) is 48.8 Å². The number of aromatic nitrogens is 1. The van der Waals surface area contributed by atoms with Gasteiger partial charge in [-0.1, -0.05) is 23.7 Å². The maximum Gasteiger partial charge on any atom is 0.0406 e. The third-order valence-corrected chi connectivity index (χ3v) is 4.96. The van der Waals surface area contributed by atoms with Gasteiger partial charge in [0.1, 0.15) is 0 Å². The topological polar surface area (TPSA) is 38.9 Å². The highest BCUT2D eigenvalue weighted by atomic mass is 35.5. The molecule has 0 amide bonds. The van der Waals surface area contributed by atoms with E-state index in [9.17, 15) is 0 Å². The minimum absolute atomic E-state index is 0.126. The predicted molar refractivity (Wildman–Crippen MR) is 87.3 cm³/mol. The smallest absolute Gasteiger partial charge is 0.0406 e. The molecular formula is C18H21ClN2. The lowest BCUT2D eigenvalue weighted by molar-refractivity contribution is 0.284. The second-order valence-electron chi connectivity index (χ2n) is 5.97. The zero-order chi connectivity index (χ0) is 14.7. The van der Waals surface area contributed by atoms with Crippen molar-refractivity contribution in [3.63, 3.8) is 0 Å². The van der Waals surface area contributed by atoms with Crippen molar-refractivity contribution in [3.05, 3.63) is 64.9 Å². The van der Waals surface area contributed by atoms with E-state index in [2.05, 4.69) is 29.2 Å². The molecule has 1 aromatic carbocycles. The standard InChI is InChI=1S/C18H21ClN2/c19-17-7-5-16(6-8-17)18(20)15-3-1-13(2-4-15)14-9-11-21-12-10-14/h5-13,15,18H,1-4,20H2. The first kappa shape index (κ1) is 14.6. The van der Waals surface area contributed by atoms with E-state index in [1.165, 1.54) is 36.8 Å². The Morgan fingerprint density at radius 2 is 1.57 bits per heavy atom. The lowest BCUT2D eigenvalue weighted by Gasteiger charge is -2.32. The molecular weight excluding hydrogens is 280 g/mol. The summed E-state index contributed by atoms with van der Waals surface area (Å²) in [4.78, 5) is 4.10. The van der Waals surface area contributed by atoms with Gasteiger partial charge in [0.25, 0.3) is 0 Å². The average Bonchev–Trinajstić information content (AvgIpc) is 2.56. The Balaban J connectivity index is 1.61. The summed E-state index contributed by atoms with van der Waals surface area (Å²) in [6.07, 6.45) is 8.60. The molecule has 2 N–H and O–H groups in total. The molecule has 1 heterocycles. The number of halogens is 1. The zero-order valence-corrected chi connectivity index (χ0v) is 12.8. The molecule has 1 aliphatic carbocycles. The van der Waals surface area contributed by atoms with E-state index in [4.69, 9.17) is 17.3 Å². The first-order valence-electron chi connectivity index (χ1n) is 7.65. The van der Waals surface area contributed by atoms with E-state index in [0.29, 0.717) is 11.8 Å². The molecule has 1 aliphatic rings. The summed E-state index contributed by atoms with van der Waals surface area (Å²) in [6, 6.07) is 12.4. The van der Waals surface area contributed by atoms with E-state index in [-0.39, 0.29) is 6.04 Å². The van der Waals surface area contributed by atoms with Crippen LogP contribution in [0.4, 0.5) is 0 Å². The van der Waals surface area contributed by atoms with Crippen LogP contribution in [0.5, 0.6) is 0 Å². The van der Waals surface area contributed by atoms with Crippen molar-refractivity contribution in [1.82, 2.24) is 4.98 Å². The fraction of sp³-hybridized carbons (Fsp3) is 0.389. The van der Waals surface area contributed by atoms with Crippen LogP contribution < -0.4 is 5.73 Å². The van der Waals surface area contributed by atoms with E-state index < -0.39 is 0 Å². The van der Waals surface area contributed by atoms with E-state index in [1.54, 1.807) is 0 Å². The summed E-state index contributed by atoms with van der Waals surface area (Å²) in [5.74, 6) is 1.24. The predicted octanol–water partition coefficient (Wildman–Crippen LogP) is 4.71. The molecule has 1 aromatic heterocycles. The number of hydrogen-bond acceptors (Lipinski definition) is 2. The normalized spacial score (nSPS) is 23.7. The number of benzene rings is 1. The summed E-state index contributed by atoms with van der Waals surface area (Å²) in [5.41, 5.74) is 9.07. The van der Waals surface area contributed by atoms with Crippen molar-refractivity contribution in [3.8, 4) is 0 Å². The minimum atomic E-state index is 0.126. The Morgan fingerprint density at radius 1 is 0.952 bits per heavy atom. The molecule has 0 spiro atoms. The zero-order valence-electron chi connectivity index (χ0n) is 12.1. The summed E-state index contributed by atoms with van der Waals surface area (Å²) in [6.45, 7) is 0. The summed E-state index contributed by atoms with van der Waals surface area (Å²) in [7, 11) is 0. The van der Waals surface area contributed by atoms with Gasteiger partial charge < -0.3 is 5.73 Å². The molecule has 3 heteroatoms. The highest BCUT2D eigenvalue weighted by Crippen LogP contribution is 2.40. The van der Waals surface area contributed by atoms with Crippen molar-refractivity contribution >= 4 is 11.6 Å². The van der Waals surface area contributed by atoms with Crippen LogP contribution in [0.3, 0.4) is 0 Å². The Bertz CT molecular complexity index is 560. The van der Waals surface area contributed by atoms with Crippen LogP contribution in [0.25, 0.3) is 0 Å². The second kappa shape index (κ2) is 6.59. The van der Waals surface area contributed by atoms with Gasteiger partial charge in [0, 0.05) is 23.5 Å². The summed E-state index contributed by atoms with van der Waals surface area (Å²) >= 11 is 5.94. The van der Waals surface area contributed by atoms with Gasteiger partial charge in [-0.15, -0.1) is 0 Å². The summed E-state index contributed by atoms with van der Waals surface area (Å²) < 4.78 is 0. The van der Waals surface area contributed by atoms with Crippen LogP contribution in [0.1, 0.15) is 48.8 Å². The second-order valence-corrected chi connectivity index (χ2v) is 6.41. The highest BCUT2D eigenvalue weighted by Gasteiger charge is 2.27. The SMILES string of the molecule is NC(c1ccc(Cl)cc1)C1CCC(c2ccncc2)CC1. The molecule has 2 nitrogen and oxygen atoms in total. The van der Waals surface area contributed by atoms with Crippen LogP contribution in [-0.4, -0.2) is 4.98 Å². The third-order valence-electron chi connectivity index (χ3n) is 4.71. The van der Waals surface area contributed by atoms with Gasteiger partial charge in [-0.05, 0) is 72.9 Å². The van der Waals surface area contributed by atoms with Crippen LogP contribution >= 0.6 is 11.6 Å². The molecule has 0 aliphatic heterocycles. The molecule has 0 saturated heterocycles. The van der Waals surface area contributed by atoms with Crippen molar-refractivity contribution in [2.45, 2.75) is 37.6 Å². The maximum absolute atomic E-state index is 6.45. The van der Waals surface area contributed by atoms with Crippen LogP contribution in [0, 0.1) is 5.92 Å². The number of rotatable bonds is 3. The number of pyridine rings is 1. The highest BCUT2D eigenvalue weighted by molar-refractivity contribution is 6.30. The van der Waals surface area contributed by atoms with Crippen LogP contribution in [-0.2, 0) is 0 Å². The fourth-order valence-corrected chi connectivity index (χ4v) is 3.53. The summed E-state index contributed by atoms with van der Waals surface area (Å²) in [5, 5.41) is 0.771. The molecule has 1 atom stereocenters. The Labute approximate surface area is 131 Å². The lowest BCUT2D eigenvalue weighted by atomic mass is 9.75. The fourth-order valence-electron chi connectivity index (χ4n) is 3.40. The number of hydrogen-bond donors (Lipinski definition) is 1. The molecule has 0 radical (unpaired) electrons. The van der Waals surface area contributed by atoms with Gasteiger partial charge in [0.05, 0.1) is 0 Å². The Kier molecular flexibility index (Phi) is 4.57. The van der Waals surface area contributed by atoms with Gasteiger partial charge in [-0.2, -0.15) is 0 Å². The molecule has 1 fully saturated rings. The number of nitrogens with two attached hydrogens (primary N) is 1. The molecule has 110 valence electrons.